The number of hydrogen-bond donors (Lipinski definition) is 1. The Hall–Kier alpha value is -1.83. The maximum atomic E-state index is 11.9. The van der Waals surface area contributed by atoms with Crippen molar-refractivity contribution in [2.45, 2.75) is 20.1 Å². The van der Waals surface area contributed by atoms with Gasteiger partial charge in [0.05, 0.1) is 18.4 Å². The number of alkyl halides is 2. The molecule has 0 atom stereocenters. The van der Waals surface area contributed by atoms with Crippen LogP contribution in [0, 0.1) is 6.92 Å². The first-order valence-electron chi connectivity index (χ1n) is 5.07. The van der Waals surface area contributed by atoms with E-state index in [9.17, 15) is 8.78 Å². The highest BCUT2D eigenvalue weighted by molar-refractivity contribution is 7.15. The van der Waals surface area contributed by atoms with Crippen LogP contribution in [0.3, 0.4) is 0 Å². The zero-order chi connectivity index (χ0) is 13.0. The molecule has 0 bridgehead atoms. The van der Waals surface area contributed by atoms with Crippen LogP contribution >= 0.6 is 11.3 Å². The highest BCUT2D eigenvalue weighted by atomic mass is 32.1. The van der Waals surface area contributed by atoms with Crippen molar-refractivity contribution in [3.63, 3.8) is 0 Å². The predicted molar refractivity (Wildman–Crippen MR) is 62.8 cm³/mol. The molecule has 18 heavy (non-hydrogen) atoms. The first-order chi connectivity index (χ1) is 8.63. The normalized spacial score (nSPS) is 10.7. The Morgan fingerprint density at radius 3 is 2.78 bits per heavy atom. The van der Waals surface area contributed by atoms with E-state index in [4.69, 9.17) is 0 Å². The number of pyridine rings is 1. The molecule has 5 nitrogen and oxygen atoms in total. The van der Waals surface area contributed by atoms with E-state index in [2.05, 4.69) is 25.2 Å². The fourth-order valence-corrected chi connectivity index (χ4v) is 1.81. The number of nitrogens with one attached hydrogen (secondary N) is 1. The zero-order valence-corrected chi connectivity index (χ0v) is 10.2. The van der Waals surface area contributed by atoms with Crippen LogP contribution in [0.2, 0.25) is 0 Å². The first kappa shape index (κ1) is 12.6. The van der Waals surface area contributed by atoms with Crippen molar-refractivity contribution < 1.29 is 13.5 Å². The number of rotatable bonds is 5. The lowest BCUT2D eigenvalue weighted by Gasteiger charge is -2.05. The highest BCUT2D eigenvalue weighted by Gasteiger charge is 2.05. The Balaban J connectivity index is 1.90. The Kier molecular flexibility index (Phi) is 3.98. The molecule has 2 rings (SSSR count). The van der Waals surface area contributed by atoms with Gasteiger partial charge in [0.1, 0.15) is 10.8 Å². The SMILES string of the molecule is Cc1nnc(NCc2ccc(OC(F)F)cn2)s1. The third-order valence-corrected chi connectivity index (χ3v) is 2.77. The fraction of sp³-hybridized carbons (Fsp3) is 0.300. The second-order valence-corrected chi connectivity index (χ2v) is 4.53. The molecule has 0 unspecified atom stereocenters. The number of hydrogen-bond acceptors (Lipinski definition) is 6. The summed E-state index contributed by atoms with van der Waals surface area (Å²) in [6.07, 6.45) is 1.26. The van der Waals surface area contributed by atoms with Crippen LogP contribution in [0.5, 0.6) is 5.75 Å². The number of nitrogens with zero attached hydrogens (tertiary/aromatic N) is 3. The molecule has 2 heterocycles. The highest BCUT2D eigenvalue weighted by Crippen LogP contribution is 2.16. The number of aromatic nitrogens is 3. The van der Waals surface area contributed by atoms with Gasteiger partial charge in [-0.3, -0.25) is 4.98 Å². The molecule has 0 saturated carbocycles. The maximum Gasteiger partial charge on any atom is 0.387 e. The maximum absolute atomic E-state index is 11.9. The molecule has 0 fully saturated rings. The van der Waals surface area contributed by atoms with Crippen molar-refractivity contribution in [1.82, 2.24) is 15.2 Å². The lowest BCUT2D eigenvalue weighted by atomic mass is 10.3. The second kappa shape index (κ2) is 5.67. The molecule has 0 aromatic carbocycles. The summed E-state index contributed by atoms with van der Waals surface area (Å²) in [6, 6.07) is 3.06. The third kappa shape index (κ3) is 3.59. The van der Waals surface area contributed by atoms with E-state index >= 15 is 0 Å². The van der Waals surface area contributed by atoms with Crippen molar-refractivity contribution in [3.05, 3.63) is 29.0 Å². The quantitative estimate of drug-likeness (QED) is 0.906. The van der Waals surface area contributed by atoms with E-state index in [1.807, 2.05) is 6.92 Å². The molecule has 2 aromatic heterocycles. The van der Waals surface area contributed by atoms with Crippen LogP contribution < -0.4 is 10.1 Å². The average molecular weight is 272 g/mol. The fourth-order valence-electron chi connectivity index (χ4n) is 1.22. The van der Waals surface area contributed by atoms with Crippen LogP contribution in [-0.4, -0.2) is 21.8 Å². The zero-order valence-electron chi connectivity index (χ0n) is 9.43. The molecule has 0 saturated heterocycles. The van der Waals surface area contributed by atoms with Gasteiger partial charge in [-0.1, -0.05) is 11.3 Å². The summed E-state index contributed by atoms with van der Waals surface area (Å²) in [7, 11) is 0. The van der Waals surface area contributed by atoms with E-state index < -0.39 is 6.61 Å². The van der Waals surface area contributed by atoms with Gasteiger partial charge < -0.3 is 10.1 Å². The molecule has 0 aliphatic carbocycles. The van der Waals surface area contributed by atoms with Gasteiger partial charge in [0, 0.05) is 0 Å². The van der Waals surface area contributed by atoms with Crippen LogP contribution in [0.25, 0.3) is 0 Å². The van der Waals surface area contributed by atoms with Gasteiger partial charge in [-0.2, -0.15) is 8.78 Å². The lowest BCUT2D eigenvalue weighted by molar-refractivity contribution is -0.0500. The molecule has 0 amide bonds. The van der Waals surface area contributed by atoms with Crippen LogP contribution in [0.1, 0.15) is 10.7 Å². The van der Waals surface area contributed by atoms with Crippen molar-refractivity contribution in [1.29, 1.82) is 0 Å². The van der Waals surface area contributed by atoms with E-state index in [1.54, 1.807) is 6.07 Å². The molecular weight excluding hydrogens is 262 g/mol. The van der Waals surface area contributed by atoms with Crippen molar-refractivity contribution in [2.24, 2.45) is 0 Å². The van der Waals surface area contributed by atoms with Crippen molar-refractivity contribution >= 4 is 16.5 Å². The summed E-state index contributed by atoms with van der Waals surface area (Å²) < 4.78 is 28.0. The Morgan fingerprint density at radius 2 is 2.22 bits per heavy atom. The summed E-state index contributed by atoms with van der Waals surface area (Å²) in [6.45, 7) is -0.526. The van der Waals surface area contributed by atoms with E-state index in [1.165, 1.54) is 23.6 Å². The number of aryl methyl sites for hydroxylation is 1. The van der Waals surface area contributed by atoms with Gasteiger partial charge in [-0.05, 0) is 19.1 Å². The van der Waals surface area contributed by atoms with E-state index in [0.717, 1.165) is 5.01 Å². The number of halogens is 2. The summed E-state index contributed by atoms with van der Waals surface area (Å²) in [4.78, 5) is 3.99. The predicted octanol–water partition coefficient (Wildman–Crippen LogP) is 2.46. The van der Waals surface area contributed by atoms with Gasteiger partial charge in [-0.15, -0.1) is 10.2 Å². The van der Waals surface area contributed by atoms with Crippen LogP contribution in [0.4, 0.5) is 13.9 Å². The lowest BCUT2D eigenvalue weighted by Crippen LogP contribution is -2.04. The molecule has 2 aromatic rings. The molecule has 8 heteroatoms. The van der Waals surface area contributed by atoms with Crippen LogP contribution in [-0.2, 0) is 6.54 Å². The van der Waals surface area contributed by atoms with E-state index in [0.29, 0.717) is 17.4 Å². The number of ether oxygens (including phenoxy) is 1. The molecule has 0 radical (unpaired) electrons. The molecule has 96 valence electrons. The smallest absolute Gasteiger partial charge is 0.387 e. The van der Waals surface area contributed by atoms with E-state index in [-0.39, 0.29) is 5.75 Å². The first-order valence-corrected chi connectivity index (χ1v) is 5.89. The second-order valence-electron chi connectivity index (χ2n) is 3.34. The molecule has 0 aliphatic rings. The monoisotopic (exact) mass is 272 g/mol. The largest absolute Gasteiger partial charge is 0.433 e. The third-order valence-electron chi connectivity index (χ3n) is 1.97. The Labute approximate surface area is 106 Å². The van der Waals surface area contributed by atoms with Gasteiger partial charge in [0.2, 0.25) is 5.13 Å². The minimum atomic E-state index is -2.83. The minimum absolute atomic E-state index is 0.0421. The van der Waals surface area contributed by atoms with Gasteiger partial charge >= 0.3 is 6.61 Å². The van der Waals surface area contributed by atoms with Gasteiger partial charge in [0.25, 0.3) is 0 Å². The van der Waals surface area contributed by atoms with Crippen LogP contribution in [0.15, 0.2) is 18.3 Å². The Morgan fingerprint density at radius 1 is 1.39 bits per heavy atom. The van der Waals surface area contributed by atoms with Gasteiger partial charge in [0.15, 0.2) is 0 Å². The standard InChI is InChI=1S/C10H10F2N4OS/c1-6-15-16-10(18-6)14-4-7-2-3-8(5-13-7)17-9(11)12/h2-3,5,9H,4H2,1H3,(H,14,16). The molecule has 0 spiro atoms. The summed E-state index contributed by atoms with van der Waals surface area (Å²) in [5.41, 5.74) is 0.699. The molecule has 0 aliphatic heterocycles. The van der Waals surface area contributed by atoms with Gasteiger partial charge in [-0.25, -0.2) is 0 Å². The summed E-state index contributed by atoms with van der Waals surface area (Å²) >= 11 is 1.43. The molecular formula is C10H10F2N4OS. The minimum Gasteiger partial charge on any atom is -0.433 e. The Bertz CT molecular complexity index is 503. The molecule has 1 N–H and O–H groups in total. The topological polar surface area (TPSA) is 59.9 Å². The summed E-state index contributed by atoms with van der Waals surface area (Å²) in [5.74, 6) is 0.0421. The summed E-state index contributed by atoms with van der Waals surface area (Å²) in [5, 5.41) is 12.4. The average Bonchev–Trinajstić information content (AvgIpc) is 2.74. The number of anilines is 1. The van der Waals surface area contributed by atoms with Crippen molar-refractivity contribution in [3.8, 4) is 5.75 Å². The van der Waals surface area contributed by atoms with Crippen molar-refractivity contribution in [2.75, 3.05) is 5.32 Å².